The summed E-state index contributed by atoms with van der Waals surface area (Å²) in [5.41, 5.74) is 0. The molecule has 0 aliphatic carbocycles. The smallest absolute Gasteiger partial charge is 0.158 e. The van der Waals surface area contributed by atoms with Gasteiger partial charge in [0.2, 0.25) is 0 Å². The summed E-state index contributed by atoms with van der Waals surface area (Å²) in [4.78, 5) is 0. The molecular formula is C14H28O2. The molecule has 2 heteroatoms. The molecule has 96 valence electrons. The maximum absolute atomic E-state index is 5.94. The molecule has 0 aromatic carbocycles. The highest BCUT2D eigenvalue weighted by atomic mass is 16.7. The Labute approximate surface area is 101 Å². The lowest BCUT2D eigenvalue weighted by Gasteiger charge is -2.12. The van der Waals surface area contributed by atoms with E-state index in [2.05, 4.69) is 20.8 Å². The van der Waals surface area contributed by atoms with Crippen LogP contribution < -0.4 is 0 Å². The second kappa shape index (κ2) is 8.08. The standard InChI is InChI=1S/C14H28O2/c1-4-6-8-10-13-12(3)15-14(16-13)11-9-7-5-2/h12-14H,4-11H2,1-3H3. The van der Waals surface area contributed by atoms with Gasteiger partial charge in [0.1, 0.15) is 0 Å². The van der Waals surface area contributed by atoms with Crippen molar-refractivity contribution in [3.8, 4) is 0 Å². The van der Waals surface area contributed by atoms with Crippen LogP contribution in [0.5, 0.6) is 0 Å². The Morgan fingerprint density at radius 3 is 2.06 bits per heavy atom. The van der Waals surface area contributed by atoms with E-state index in [0.717, 1.165) is 6.42 Å². The summed E-state index contributed by atoms with van der Waals surface area (Å²) in [6.07, 6.45) is 10.6. The fraction of sp³-hybridized carbons (Fsp3) is 1.00. The minimum Gasteiger partial charge on any atom is -0.347 e. The molecular weight excluding hydrogens is 200 g/mol. The van der Waals surface area contributed by atoms with E-state index in [4.69, 9.17) is 9.47 Å². The highest BCUT2D eigenvalue weighted by Gasteiger charge is 2.31. The minimum atomic E-state index is 0.0770. The Hall–Kier alpha value is -0.0800. The van der Waals surface area contributed by atoms with E-state index in [-0.39, 0.29) is 6.29 Å². The molecule has 3 unspecified atom stereocenters. The van der Waals surface area contributed by atoms with Crippen LogP contribution in [0.4, 0.5) is 0 Å². The van der Waals surface area contributed by atoms with Crippen LogP contribution in [0, 0.1) is 0 Å². The summed E-state index contributed by atoms with van der Waals surface area (Å²) in [6.45, 7) is 6.62. The Morgan fingerprint density at radius 1 is 0.812 bits per heavy atom. The van der Waals surface area contributed by atoms with E-state index in [0.29, 0.717) is 12.2 Å². The van der Waals surface area contributed by atoms with Crippen LogP contribution >= 0.6 is 0 Å². The zero-order chi connectivity index (χ0) is 11.8. The van der Waals surface area contributed by atoms with E-state index < -0.39 is 0 Å². The molecule has 1 heterocycles. The quantitative estimate of drug-likeness (QED) is 0.577. The van der Waals surface area contributed by atoms with Crippen molar-refractivity contribution in [3.63, 3.8) is 0 Å². The van der Waals surface area contributed by atoms with E-state index in [9.17, 15) is 0 Å². The lowest BCUT2D eigenvalue weighted by Crippen LogP contribution is -2.18. The summed E-state index contributed by atoms with van der Waals surface area (Å²) in [6, 6.07) is 0. The van der Waals surface area contributed by atoms with Crippen LogP contribution in [0.2, 0.25) is 0 Å². The Morgan fingerprint density at radius 2 is 1.44 bits per heavy atom. The van der Waals surface area contributed by atoms with Crippen molar-refractivity contribution in [1.29, 1.82) is 0 Å². The summed E-state index contributed by atoms with van der Waals surface area (Å²) in [7, 11) is 0. The molecule has 1 aliphatic rings. The van der Waals surface area contributed by atoms with Gasteiger partial charge in [-0.2, -0.15) is 0 Å². The average Bonchev–Trinajstić information content (AvgIpc) is 2.61. The third kappa shape index (κ3) is 4.84. The monoisotopic (exact) mass is 228 g/mol. The van der Waals surface area contributed by atoms with E-state index >= 15 is 0 Å². The highest BCUT2D eigenvalue weighted by Crippen LogP contribution is 2.26. The zero-order valence-electron chi connectivity index (χ0n) is 11.2. The first kappa shape index (κ1) is 14.0. The number of hydrogen-bond donors (Lipinski definition) is 0. The first-order valence-corrected chi connectivity index (χ1v) is 7.08. The summed E-state index contributed by atoms with van der Waals surface area (Å²) in [5.74, 6) is 0. The maximum Gasteiger partial charge on any atom is 0.158 e. The van der Waals surface area contributed by atoms with Gasteiger partial charge >= 0.3 is 0 Å². The number of rotatable bonds is 8. The number of hydrogen-bond acceptors (Lipinski definition) is 2. The van der Waals surface area contributed by atoms with Crippen LogP contribution in [0.15, 0.2) is 0 Å². The van der Waals surface area contributed by atoms with Gasteiger partial charge in [-0.1, -0.05) is 46.0 Å². The first-order chi connectivity index (χ1) is 7.77. The van der Waals surface area contributed by atoms with E-state index in [1.54, 1.807) is 0 Å². The van der Waals surface area contributed by atoms with Crippen molar-refractivity contribution in [1.82, 2.24) is 0 Å². The molecule has 2 nitrogen and oxygen atoms in total. The molecule has 1 fully saturated rings. The van der Waals surface area contributed by atoms with Crippen molar-refractivity contribution in [2.45, 2.75) is 90.6 Å². The van der Waals surface area contributed by atoms with Gasteiger partial charge in [-0.15, -0.1) is 0 Å². The maximum atomic E-state index is 5.94. The van der Waals surface area contributed by atoms with Crippen molar-refractivity contribution in [3.05, 3.63) is 0 Å². The van der Waals surface area contributed by atoms with Gasteiger partial charge in [0, 0.05) is 0 Å². The van der Waals surface area contributed by atoms with Crippen molar-refractivity contribution in [2.75, 3.05) is 0 Å². The van der Waals surface area contributed by atoms with Crippen LogP contribution in [0.3, 0.4) is 0 Å². The van der Waals surface area contributed by atoms with Gasteiger partial charge in [-0.25, -0.2) is 0 Å². The third-order valence-electron chi connectivity index (χ3n) is 3.35. The zero-order valence-corrected chi connectivity index (χ0v) is 11.2. The Balaban J connectivity index is 2.14. The highest BCUT2D eigenvalue weighted by molar-refractivity contribution is 4.73. The summed E-state index contributed by atoms with van der Waals surface area (Å²) < 4.78 is 11.8. The van der Waals surface area contributed by atoms with Crippen molar-refractivity contribution in [2.24, 2.45) is 0 Å². The lowest BCUT2D eigenvalue weighted by molar-refractivity contribution is -0.0707. The average molecular weight is 228 g/mol. The predicted molar refractivity (Wildman–Crippen MR) is 67.5 cm³/mol. The van der Waals surface area contributed by atoms with Crippen molar-refractivity contribution < 1.29 is 9.47 Å². The van der Waals surface area contributed by atoms with Crippen LogP contribution in [-0.4, -0.2) is 18.5 Å². The van der Waals surface area contributed by atoms with Gasteiger partial charge in [-0.3, -0.25) is 0 Å². The number of ether oxygens (including phenoxy) is 2. The topological polar surface area (TPSA) is 18.5 Å². The summed E-state index contributed by atoms with van der Waals surface area (Å²) >= 11 is 0. The van der Waals surface area contributed by atoms with Gasteiger partial charge < -0.3 is 9.47 Å². The molecule has 0 aromatic heterocycles. The second-order valence-electron chi connectivity index (χ2n) is 4.94. The van der Waals surface area contributed by atoms with Gasteiger partial charge in [0.25, 0.3) is 0 Å². The molecule has 0 spiro atoms. The van der Waals surface area contributed by atoms with Crippen LogP contribution in [0.25, 0.3) is 0 Å². The van der Waals surface area contributed by atoms with Gasteiger partial charge in [0.05, 0.1) is 12.2 Å². The molecule has 3 atom stereocenters. The molecule has 1 aliphatic heterocycles. The lowest BCUT2D eigenvalue weighted by atomic mass is 10.1. The molecule has 1 saturated heterocycles. The van der Waals surface area contributed by atoms with Crippen LogP contribution in [-0.2, 0) is 9.47 Å². The molecule has 1 rings (SSSR count). The minimum absolute atomic E-state index is 0.0770. The molecule has 0 radical (unpaired) electrons. The summed E-state index contributed by atoms with van der Waals surface area (Å²) in [5, 5.41) is 0. The molecule has 0 amide bonds. The molecule has 0 saturated carbocycles. The molecule has 16 heavy (non-hydrogen) atoms. The van der Waals surface area contributed by atoms with Gasteiger partial charge in [0.15, 0.2) is 6.29 Å². The predicted octanol–water partition coefficient (Wildman–Crippen LogP) is 4.28. The third-order valence-corrected chi connectivity index (χ3v) is 3.35. The fourth-order valence-electron chi connectivity index (χ4n) is 2.26. The SMILES string of the molecule is CCCCCC1OC(C)C(CCCCC)O1. The molecule has 0 bridgehead atoms. The molecule has 0 aromatic rings. The van der Waals surface area contributed by atoms with Crippen LogP contribution in [0.1, 0.15) is 72.1 Å². The van der Waals surface area contributed by atoms with Crippen molar-refractivity contribution >= 4 is 0 Å². The Kier molecular flexibility index (Phi) is 7.06. The Bertz CT molecular complexity index is 170. The molecule has 0 N–H and O–H groups in total. The van der Waals surface area contributed by atoms with Gasteiger partial charge in [-0.05, 0) is 26.2 Å². The fourth-order valence-corrected chi connectivity index (χ4v) is 2.26. The van der Waals surface area contributed by atoms with E-state index in [1.807, 2.05) is 0 Å². The number of unbranched alkanes of at least 4 members (excludes halogenated alkanes) is 4. The second-order valence-corrected chi connectivity index (χ2v) is 4.94. The van der Waals surface area contributed by atoms with E-state index in [1.165, 1.54) is 44.9 Å². The first-order valence-electron chi connectivity index (χ1n) is 7.08. The normalized spacial score (nSPS) is 29.8. The largest absolute Gasteiger partial charge is 0.347 e.